The van der Waals surface area contributed by atoms with E-state index >= 15 is 0 Å². The maximum atomic E-state index is 12.9. The molecule has 3 aromatic rings. The molecule has 1 atom stereocenters. The second-order valence-corrected chi connectivity index (χ2v) is 7.49. The zero-order chi connectivity index (χ0) is 17.6. The molecule has 0 N–H and O–H groups in total. The minimum atomic E-state index is 0.0201. The molecule has 4 rings (SSSR count). The Morgan fingerprint density at radius 1 is 1.40 bits per heavy atom. The molecule has 0 unspecified atom stereocenters. The zero-order valence-corrected chi connectivity index (χ0v) is 15.5. The fourth-order valence-corrected chi connectivity index (χ4v) is 4.10. The van der Waals surface area contributed by atoms with Crippen LogP contribution in [0.1, 0.15) is 28.0 Å². The second kappa shape index (κ2) is 6.28. The monoisotopic (exact) mass is 355 g/mol. The molecule has 0 saturated carbocycles. The lowest BCUT2D eigenvalue weighted by Crippen LogP contribution is -2.37. The summed E-state index contributed by atoms with van der Waals surface area (Å²) in [4.78, 5) is 20.3. The molecule has 0 spiro atoms. The van der Waals surface area contributed by atoms with Gasteiger partial charge in [0.05, 0.1) is 18.3 Å². The van der Waals surface area contributed by atoms with Gasteiger partial charge in [-0.15, -0.1) is 11.3 Å². The lowest BCUT2D eigenvalue weighted by molar-refractivity contribution is 0.0704. The minimum absolute atomic E-state index is 0.0201. The number of thiazole rings is 1. The Labute approximate surface area is 150 Å². The summed E-state index contributed by atoms with van der Waals surface area (Å²) < 4.78 is 7.32. The average molecular weight is 355 g/mol. The normalized spacial score (nSPS) is 17.3. The van der Waals surface area contributed by atoms with Gasteiger partial charge in [0.15, 0.2) is 4.96 Å². The molecule has 3 heterocycles. The van der Waals surface area contributed by atoms with Gasteiger partial charge in [-0.1, -0.05) is 17.7 Å². The number of ether oxygens (including phenoxy) is 1. The fraction of sp³-hybridized carbons (Fsp3) is 0.368. The van der Waals surface area contributed by atoms with E-state index in [4.69, 9.17) is 9.72 Å². The van der Waals surface area contributed by atoms with Gasteiger partial charge in [-0.25, -0.2) is 4.98 Å². The number of hydrogen-bond acceptors (Lipinski definition) is 4. The number of carbonyl (C=O) groups excluding carboxylic acids is 1. The third kappa shape index (κ3) is 2.85. The molecule has 1 fully saturated rings. The Kier molecular flexibility index (Phi) is 4.09. The summed E-state index contributed by atoms with van der Waals surface area (Å²) in [7, 11) is 1.85. The molecular formula is C19H21N3O2S. The summed E-state index contributed by atoms with van der Waals surface area (Å²) in [5.41, 5.74) is 5.08. The first-order valence-electron chi connectivity index (χ1n) is 8.43. The van der Waals surface area contributed by atoms with E-state index in [1.54, 1.807) is 4.90 Å². The quantitative estimate of drug-likeness (QED) is 0.722. The summed E-state index contributed by atoms with van der Waals surface area (Å²) in [5.74, 6) is 0.0201. The highest BCUT2D eigenvalue weighted by molar-refractivity contribution is 7.15. The van der Waals surface area contributed by atoms with Crippen molar-refractivity contribution in [1.29, 1.82) is 0 Å². The number of carbonyl (C=O) groups is 1. The molecule has 0 radical (unpaired) electrons. The maximum Gasteiger partial charge on any atom is 0.271 e. The van der Waals surface area contributed by atoms with Crippen LogP contribution < -0.4 is 0 Å². The number of imidazole rings is 1. The first-order valence-corrected chi connectivity index (χ1v) is 9.31. The SMILES string of the molecule is Cc1ccc(C)c(-c2cn3c(C(=O)N(C)[C@H]4CCOC4)csc3n2)c1. The smallest absolute Gasteiger partial charge is 0.271 e. The number of nitrogens with zero attached hydrogens (tertiary/aromatic N) is 3. The fourth-order valence-electron chi connectivity index (χ4n) is 3.25. The van der Waals surface area contributed by atoms with Crippen LogP contribution in [0.4, 0.5) is 0 Å². The van der Waals surface area contributed by atoms with Gasteiger partial charge < -0.3 is 9.64 Å². The first-order chi connectivity index (χ1) is 12.0. The van der Waals surface area contributed by atoms with Crippen molar-refractivity contribution in [2.45, 2.75) is 26.3 Å². The van der Waals surface area contributed by atoms with Crippen LogP contribution in [0.2, 0.25) is 0 Å². The molecule has 0 bridgehead atoms. The van der Waals surface area contributed by atoms with Gasteiger partial charge in [0, 0.05) is 30.8 Å². The van der Waals surface area contributed by atoms with Crippen molar-refractivity contribution in [1.82, 2.24) is 14.3 Å². The average Bonchev–Trinajstić information content (AvgIpc) is 3.32. The highest BCUT2D eigenvalue weighted by Gasteiger charge is 2.27. The van der Waals surface area contributed by atoms with Gasteiger partial charge >= 0.3 is 0 Å². The maximum absolute atomic E-state index is 12.9. The van der Waals surface area contributed by atoms with E-state index < -0.39 is 0 Å². The number of rotatable bonds is 3. The van der Waals surface area contributed by atoms with Crippen LogP contribution in [0.3, 0.4) is 0 Å². The first kappa shape index (κ1) is 16.3. The second-order valence-electron chi connectivity index (χ2n) is 6.65. The van der Waals surface area contributed by atoms with Crippen LogP contribution in [-0.2, 0) is 4.74 Å². The molecule has 5 nitrogen and oxygen atoms in total. The highest BCUT2D eigenvalue weighted by atomic mass is 32.1. The Bertz CT molecular complexity index is 937. The van der Waals surface area contributed by atoms with Crippen molar-refractivity contribution < 1.29 is 9.53 Å². The van der Waals surface area contributed by atoms with Crippen molar-refractivity contribution in [2.24, 2.45) is 0 Å². The van der Waals surface area contributed by atoms with Gasteiger partial charge in [-0.2, -0.15) is 0 Å². The van der Waals surface area contributed by atoms with Gasteiger partial charge in [0.25, 0.3) is 5.91 Å². The molecular weight excluding hydrogens is 334 g/mol. The molecule has 25 heavy (non-hydrogen) atoms. The predicted molar refractivity (Wildman–Crippen MR) is 99.3 cm³/mol. The lowest BCUT2D eigenvalue weighted by atomic mass is 10.0. The van der Waals surface area contributed by atoms with E-state index in [-0.39, 0.29) is 11.9 Å². The molecule has 1 aromatic carbocycles. The Morgan fingerprint density at radius 3 is 3.00 bits per heavy atom. The van der Waals surface area contributed by atoms with Crippen molar-refractivity contribution >= 4 is 22.2 Å². The van der Waals surface area contributed by atoms with E-state index in [9.17, 15) is 4.79 Å². The summed E-state index contributed by atoms with van der Waals surface area (Å²) in [6.07, 6.45) is 2.87. The van der Waals surface area contributed by atoms with E-state index in [0.717, 1.165) is 29.2 Å². The van der Waals surface area contributed by atoms with Crippen molar-refractivity contribution in [3.05, 3.63) is 46.6 Å². The Morgan fingerprint density at radius 2 is 2.24 bits per heavy atom. The summed E-state index contributed by atoms with van der Waals surface area (Å²) in [6, 6.07) is 6.51. The lowest BCUT2D eigenvalue weighted by Gasteiger charge is -2.22. The number of benzene rings is 1. The molecule has 1 amide bonds. The van der Waals surface area contributed by atoms with Crippen molar-refractivity contribution in [2.75, 3.05) is 20.3 Å². The van der Waals surface area contributed by atoms with Gasteiger partial charge in [0.1, 0.15) is 5.69 Å². The minimum Gasteiger partial charge on any atom is -0.379 e. The van der Waals surface area contributed by atoms with E-state index in [0.29, 0.717) is 12.3 Å². The molecule has 130 valence electrons. The van der Waals surface area contributed by atoms with Crippen molar-refractivity contribution in [3.63, 3.8) is 0 Å². The summed E-state index contributed by atoms with van der Waals surface area (Å²) >= 11 is 1.50. The van der Waals surface area contributed by atoms with Crippen molar-refractivity contribution in [3.8, 4) is 11.3 Å². The predicted octanol–water partition coefficient (Wildman–Crippen LogP) is 3.54. The number of aryl methyl sites for hydroxylation is 2. The third-order valence-corrected chi connectivity index (χ3v) is 5.71. The molecule has 2 aromatic heterocycles. The largest absolute Gasteiger partial charge is 0.379 e. The van der Waals surface area contributed by atoms with Crippen LogP contribution in [-0.4, -0.2) is 46.5 Å². The standard InChI is InChI=1S/C19H21N3O2S/c1-12-4-5-13(2)15(8-12)16-9-22-17(11-25-19(22)20-16)18(23)21(3)14-6-7-24-10-14/h4-5,8-9,11,14H,6-7,10H2,1-3H3/t14-/m0/s1. The number of fused-ring (bicyclic) bond motifs is 1. The van der Waals surface area contributed by atoms with E-state index in [1.165, 1.54) is 22.5 Å². The molecule has 1 aliphatic heterocycles. The van der Waals surface area contributed by atoms with Gasteiger partial charge in [0.2, 0.25) is 0 Å². The number of aromatic nitrogens is 2. The van der Waals surface area contributed by atoms with Crippen LogP contribution >= 0.6 is 11.3 Å². The Balaban J connectivity index is 1.71. The zero-order valence-electron chi connectivity index (χ0n) is 14.7. The van der Waals surface area contributed by atoms with Gasteiger partial charge in [-0.3, -0.25) is 9.20 Å². The van der Waals surface area contributed by atoms with E-state index in [1.807, 2.05) is 23.0 Å². The van der Waals surface area contributed by atoms with E-state index in [2.05, 4.69) is 32.0 Å². The highest BCUT2D eigenvalue weighted by Crippen LogP contribution is 2.27. The van der Waals surface area contributed by atoms with Crippen LogP contribution in [0.15, 0.2) is 29.8 Å². The van der Waals surface area contributed by atoms with Gasteiger partial charge in [-0.05, 0) is 31.9 Å². The van der Waals surface area contributed by atoms with Crippen LogP contribution in [0, 0.1) is 13.8 Å². The molecule has 1 aliphatic rings. The molecule has 0 aliphatic carbocycles. The Hall–Kier alpha value is -2.18. The number of amides is 1. The van der Waals surface area contributed by atoms with Crippen LogP contribution in [0.25, 0.3) is 16.2 Å². The molecule has 1 saturated heterocycles. The third-order valence-electron chi connectivity index (χ3n) is 4.87. The summed E-state index contributed by atoms with van der Waals surface area (Å²) in [5, 5.41) is 1.89. The number of likely N-dealkylation sites (N-methyl/N-ethyl adjacent to an activating group) is 1. The molecule has 6 heteroatoms. The summed E-state index contributed by atoms with van der Waals surface area (Å²) in [6.45, 7) is 5.51. The number of hydrogen-bond donors (Lipinski definition) is 0. The van der Waals surface area contributed by atoms with Crippen LogP contribution in [0.5, 0.6) is 0 Å². The topological polar surface area (TPSA) is 46.8 Å².